The maximum Gasteiger partial charge on any atom is 0.0714 e. The van der Waals surface area contributed by atoms with Crippen LogP contribution < -0.4 is 4.90 Å². The molecule has 0 saturated carbocycles. The summed E-state index contributed by atoms with van der Waals surface area (Å²) in [5, 5.41) is 5.04. The van der Waals surface area contributed by atoms with Crippen LogP contribution in [0.1, 0.15) is 22.3 Å². The molecular weight excluding hydrogens is 755 g/mol. The van der Waals surface area contributed by atoms with Gasteiger partial charge in [0.25, 0.3) is 0 Å². The molecule has 0 N–H and O–H groups in total. The molecule has 1 aromatic heterocycles. The van der Waals surface area contributed by atoms with E-state index in [4.69, 9.17) is 0 Å². The minimum Gasteiger partial charge on any atom is -0.309 e. The molecule has 1 aliphatic carbocycles. The second-order valence-corrected chi connectivity index (χ2v) is 17.0. The minimum absolute atomic E-state index is 0.524. The number of thiophene rings is 1. The fourth-order valence-corrected chi connectivity index (χ4v) is 11.4. The molecule has 0 spiro atoms. The number of anilines is 3. The third kappa shape index (κ3) is 5.46. The zero-order chi connectivity index (χ0) is 40.3. The van der Waals surface area contributed by atoms with Gasteiger partial charge in [0.1, 0.15) is 0 Å². The number of hydrogen-bond donors (Lipinski definition) is 0. The molecule has 0 atom stereocenters. The molecule has 0 unspecified atom stereocenters. The topological polar surface area (TPSA) is 3.24 Å². The molecular formula is C59H39NS. The van der Waals surface area contributed by atoms with Crippen LogP contribution in [-0.2, 0) is 5.41 Å². The molecule has 1 nitrogen and oxygen atoms in total. The maximum atomic E-state index is 2.57. The highest BCUT2D eigenvalue weighted by Gasteiger charge is 2.47. The molecule has 1 aliphatic rings. The molecule has 12 rings (SSSR count). The number of para-hydroxylation sites is 1. The van der Waals surface area contributed by atoms with Crippen LogP contribution in [-0.4, -0.2) is 0 Å². The van der Waals surface area contributed by atoms with Gasteiger partial charge in [0.05, 0.1) is 22.5 Å². The SMILES string of the molecule is c1ccc(C2(c3ccccc3)c3ccccc3-c3c(N(c4ccccc4-c4cccc(-c5cccc6ccccc56)c4)c4cccc5sc6ccccc6c45)cccc32)cc1. The van der Waals surface area contributed by atoms with Crippen molar-refractivity contribution in [3.05, 3.63) is 259 Å². The molecule has 2 heteroatoms. The van der Waals surface area contributed by atoms with Gasteiger partial charge in [-0.2, -0.15) is 0 Å². The molecule has 0 fully saturated rings. The highest BCUT2D eigenvalue weighted by Crippen LogP contribution is 2.60. The lowest BCUT2D eigenvalue weighted by Crippen LogP contribution is -2.28. The van der Waals surface area contributed by atoms with E-state index in [2.05, 4.69) is 241 Å². The van der Waals surface area contributed by atoms with Gasteiger partial charge in [0.2, 0.25) is 0 Å². The second-order valence-electron chi connectivity index (χ2n) is 15.9. The summed E-state index contributed by atoms with van der Waals surface area (Å²) in [6.45, 7) is 0. The smallest absolute Gasteiger partial charge is 0.0714 e. The Bertz CT molecular complexity index is 3390. The Morgan fingerprint density at radius 1 is 0.344 bits per heavy atom. The lowest BCUT2D eigenvalue weighted by Gasteiger charge is -2.34. The van der Waals surface area contributed by atoms with Crippen molar-refractivity contribution in [1.29, 1.82) is 0 Å². The molecule has 0 aliphatic heterocycles. The Labute approximate surface area is 360 Å². The van der Waals surface area contributed by atoms with Gasteiger partial charge in [-0.05, 0) is 91.7 Å². The molecule has 1 heterocycles. The summed E-state index contributed by atoms with van der Waals surface area (Å²) in [6.07, 6.45) is 0. The summed E-state index contributed by atoms with van der Waals surface area (Å²) in [4.78, 5) is 2.57. The van der Waals surface area contributed by atoms with E-state index >= 15 is 0 Å². The summed E-state index contributed by atoms with van der Waals surface area (Å²) in [5.41, 5.74) is 15.3. The van der Waals surface area contributed by atoms with Gasteiger partial charge in [0.15, 0.2) is 0 Å². The third-order valence-electron chi connectivity index (χ3n) is 12.7. The molecule has 0 radical (unpaired) electrons. The van der Waals surface area contributed by atoms with Crippen molar-refractivity contribution in [2.75, 3.05) is 4.90 Å². The molecule has 61 heavy (non-hydrogen) atoms. The standard InChI is InChI=1S/C59H39NS/c1-3-23-43(24-4-1)59(44-25-5-2-6-26-44)50-32-12-9-29-48(50)57-51(59)33-17-35-53(57)60(54-36-18-38-56-58(54)49-30-11-14-37-55(49)61-56)52-34-13-10-28-47(52)42-22-15-21-41(39-42)46-31-16-20-40-19-7-8-27-45(40)46/h1-39H. The summed E-state index contributed by atoms with van der Waals surface area (Å²) in [6, 6.07) is 87.4. The summed E-state index contributed by atoms with van der Waals surface area (Å²) < 4.78 is 2.56. The number of rotatable bonds is 7. The maximum absolute atomic E-state index is 2.57. The van der Waals surface area contributed by atoms with Gasteiger partial charge in [-0.15, -0.1) is 11.3 Å². The second kappa shape index (κ2) is 14.3. The van der Waals surface area contributed by atoms with E-state index in [0.29, 0.717) is 0 Å². The first-order chi connectivity index (χ1) is 30.3. The van der Waals surface area contributed by atoms with E-state index in [1.54, 1.807) is 0 Å². The van der Waals surface area contributed by atoms with E-state index in [9.17, 15) is 0 Å². The Balaban J connectivity index is 1.17. The molecule has 11 aromatic rings. The first-order valence-electron chi connectivity index (χ1n) is 21.0. The van der Waals surface area contributed by atoms with Gasteiger partial charge in [-0.3, -0.25) is 0 Å². The van der Waals surface area contributed by atoms with E-state index in [1.807, 2.05) is 11.3 Å². The number of nitrogens with zero attached hydrogens (tertiary/aromatic N) is 1. The van der Waals surface area contributed by atoms with Crippen LogP contribution in [0.3, 0.4) is 0 Å². The third-order valence-corrected chi connectivity index (χ3v) is 13.9. The van der Waals surface area contributed by atoms with E-state index in [0.717, 1.165) is 17.1 Å². The van der Waals surface area contributed by atoms with Crippen molar-refractivity contribution in [1.82, 2.24) is 0 Å². The summed E-state index contributed by atoms with van der Waals surface area (Å²) in [7, 11) is 0. The van der Waals surface area contributed by atoms with Gasteiger partial charge < -0.3 is 4.90 Å². The predicted octanol–water partition coefficient (Wildman–Crippen LogP) is 16.4. The van der Waals surface area contributed by atoms with Crippen LogP contribution in [0.15, 0.2) is 237 Å². The average molecular weight is 794 g/mol. The van der Waals surface area contributed by atoms with Gasteiger partial charge in [-0.25, -0.2) is 0 Å². The summed E-state index contributed by atoms with van der Waals surface area (Å²) in [5.74, 6) is 0. The number of fused-ring (bicyclic) bond motifs is 7. The minimum atomic E-state index is -0.524. The Kier molecular flexibility index (Phi) is 8.33. The number of hydrogen-bond acceptors (Lipinski definition) is 2. The van der Waals surface area contributed by atoms with Crippen molar-refractivity contribution in [2.24, 2.45) is 0 Å². The Morgan fingerprint density at radius 3 is 1.69 bits per heavy atom. The first-order valence-corrected chi connectivity index (χ1v) is 21.8. The van der Waals surface area contributed by atoms with Crippen LogP contribution in [0, 0.1) is 0 Å². The van der Waals surface area contributed by atoms with Crippen molar-refractivity contribution in [3.63, 3.8) is 0 Å². The van der Waals surface area contributed by atoms with E-state index in [-0.39, 0.29) is 0 Å². The fraction of sp³-hybridized carbons (Fsp3) is 0.0169. The van der Waals surface area contributed by atoms with Crippen LogP contribution in [0.2, 0.25) is 0 Å². The quantitative estimate of drug-likeness (QED) is 0.155. The highest BCUT2D eigenvalue weighted by atomic mass is 32.1. The van der Waals surface area contributed by atoms with Gasteiger partial charge >= 0.3 is 0 Å². The van der Waals surface area contributed by atoms with Crippen molar-refractivity contribution < 1.29 is 0 Å². The molecule has 0 saturated heterocycles. The zero-order valence-corrected chi connectivity index (χ0v) is 34.2. The van der Waals surface area contributed by atoms with Crippen LogP contribution >= 0.6 is 11.3 Å². The molecule has 0 bridgehead atoms. The molecule has 10 aromatic carbocycles. The lowest BCUT2D eigenvalue weighted by atomic mass is 9.68. The highest BCUT2D eigenvalue weighted by molar-refractivity contribution is 7.26. The zero-order valence-electron chi connectivity index (χ0n) is 33.4. The normalized spacial score (nSPS) is 12.7. The summed E-state index contributed by atoms with van der Waals surface area (Å²) >= 11 is 1.87. The van der Waals surface area contributed by atoms with Crippen molar-refractivity contribution in [3.8, 4) is 33.4 Å². The van der Waals surface area contributed by atoms with Crippen LogP contribution in [0.4, 0.5) is 17.1 Å². The Hall–Kier alpha value is -7.52. The molecule has 0 amide bonds. The average Bonchev–Trinajstić information content (AvgIpc) is 3.87. The van der Waals surface area contributed by atoms with Crippen molar-refractivity contribution >= 4 is 59.3 Å². The Morgan fingerprint density at radius 2 is 0.869 bits per heavy atom. The van der Waals surface area contributed by atoms with E-state index < -0.39 is 5.41 Å². The van der Waals surface area contributed by atoms with Crippen molar-refractivity contribution in [2.45, 2.75) is 5.41 Å². The van der Waals surface area contributed by atoms with Crippen LogP contribution in [0.5, 0.6) is 0 Å². The lowest BCUT2D eigenvalue weighted by molar-refractivity contribution is 0.768. The first kappa shape index (κ1) is 35.4. The van der Waals surface area contributed by atoms with E-state index in [1.165, 1.54) is 86.6 Å². The largest absolute Gasteiger partial charge is 0.309 e. The molecule has 286 valence electrons. The monoisotopic (exact) mass is 793 g/mol. The number of benzene rings is 10. The predicted molar refractivity (Wildman–Crippen MR) is 260 cm³/mol. The van der Waals surface area contributed by atoms with Gasteiger partial charge in [-0.1, -0.05) is 200 Å². The van der Waals surface area contributed by atoms with Crippen LogP contribution in [0.25, 0.3) is 64.3 Å². The van der Waals surface area contributed by atoms with Gasteiger partial charge in [0, 0.05) is 31.3 Å². The fourth-order valence-electron chi connectivity index (χ4n) is 10.2.